The molecule has 0 unspecified atom stereocenters. The first-order chi connectivity index (χ1) is 8.59. The summed E-state index contributed by atoms with van der Waals surface area (Å²) < 4.78 is 0. The van der Waals surface area contributed by atoms with Crippen LogP contribution in [0.4, 0.5) is 17.1 Å². The molecule has 98 valence electrons. The fraction of sp³-hybridized carbons (Fsp3) is 0.500. The highest BCUT2D eigenvalue weighted by Crippen LogP contribution is 2.33. The third-order valence-corrected chi connectivity index (χ3v) is 3.29. The normalized spacial score (nSPS) is 17.5. The second-order valence-corrected chi connectivity index (χ2v) is 4.62. The standard InChI is InChI=1S/C12H18N4O2/c1-14-6-3-7-15(9-8-14)11-5-2-4-10(13)12(11)16(17)18/h2,4-5H,3,6-9,13H2,1H3. The van der Waals surface area contributed by atoms with Crippen LogP contribution in [0.2, 0.25) is 0 Å². The van der Waals surface area contributed by atoms with E-state index in [4.69, 9.17) is 5.73 Å². The Balaban J connectivity index is 2.32. The molecule has 1 aromatic rings. The van der Waals surface area contributed by atoms with Gasteiger partial charge in [0.05, 0.1) is 4.92 Å². The van der Waals surface area contributed by atoms with E-state index < -0.39 is 0 Å². The van der Waals surface area contributed by atoms with E-state index in [2.05, 4.69) is 16.8 Å². The lowest BCUT2D eigenvalue weighted by Gasteiger charge is -2.22. The van der Waals surface area contributed by atoms with Crippen molar-refractivity contribution in [2.24, 2.45) is 0 Å². The summed E-state index contributed by atoms with van der Waals surface area (Å²) in [6, 6.07) is 5.12. The van der Waals surface area contributed by atoms with Gasteiger partial charge in [-0.3, -0.25) is 10.1 Å². The lowest BCUT2D eigenvalue weighted by Crippen LogP contribution is -2.29. The highest BCUT2D eigenvalue weighted by molar-refractivity contribution is 5.75. The first-order valence-corrected chi connectivity index (χ1v) is 6.06. The van der Waals surface area contributed by atoms with Gasteiger partial charge in [0, 0.05) is 19.6 Å². The first kappa shape index (κ1) is 12.6. The number of nitro groups is 1. The maximum Gasteiger partial charge on any atom is 0.315 e. The zero-order valence-corrected chi connectivity index (χ0v) is 10.5. The molecule has 1 saturated heterocycles. The van der Waals surface area contributed by atoms with Crippen LogP contribution in [-0.2, 0) is 0 Å². The number of hydrogen-bond donors (Lipinski definition) is 1. The van der Waals surface area contributed by atoms with Gasteiger partial charge in [-0.15, -0.1) is 0 Å². The fourth-order valence-corrected chi connectivity index (χ4v) is 2.29. The smallest absolute Gasteiger partial charge is 0.315 e. The van der Waals surface area contributed by atoms with Crippen molar-refractivity contribution in [2.75, 3.05) is 43.9 Å². The number of likely N-dealkylation sites (N-methyl/N-ethyl adjacent to an activating group) is 1. The summed E-state index contributed by atoms with van der Waals surface area (Å²) in [6.07, 6.45) is 1.00. The van der Waals surface area contributed by atoms with Crippen molar-refractivity contribution in [3.8, 4) is 0 Å². The number of nitrogens with zero attached hydrogens (tertiary/aromatic N) is 3. The molecule has 0 aromatic heterocycles. The number of hydrogen-bond acceptors (Lipinski definition) is 5. The molecule has 18 heavy (non-hydrogen) atoms. The van der Waals surface area contributed by atoms with Gasteiger partial charge in [0.1, 0.15) is 11.4 Å². The molecule has 6 nitrogen and oxygen atoms in total. The van der Waals surface area contributed by atoms with Crippen molar-refractivity contribution >= 4 is 17.1 Å². The summed E-state index contributed by atoms with van der Waals surface area (Å²) in [7, 11) is 2.07. The van der Waals surface area contributed by atoms with Crippen LogP contribution in [0.25, 0.3) is 0 Å². The zero-order valence-electron chi connectivity index (χ0n) is 10.5. The molecule has 2 rings (SSSR count). The van der Waals surface area contributed by atoms with Crippen molar-refractivity contribution < 1.29 is 4.92 Å². The summed E-state index contributed by atoms with van der Waals surface area (Å²) in [5, 5.41) is 11.1. The third-order valence-electron chi connectivity index (χ3n) is 3.29. The molecule has 1 fully saturated rings. The Labute approximate surface area is 106 Å². The number of nitrogens with two attached hydrogens (primary N) is 1. The van der Waals surface area contributed by atoms with Gasteiger partial charge in [0.2, 0.25) is 0 Å². The Kier molecular flexibility index (Phi) is 3.66. The summed E-state index contributed by atoms with van der Waals surface area (Å²) in [5.74, 6) is 0. The molecular formula is C12H18N4O2. The van der Waals surface area contributed by atoms with E-state index in [9.17, 15) is 10.1 Å². The highest BCUT2D eigenvalue weighted by Gasteiger charge is 2.23. The number of benzene rings is 1. The van der Waals surface area contributed by atoms with Gasteiger partial charge >= 0.3 is 5.69 Å². The van der Waals surface area contributed by atoms with Gasteiger partial charge < -0.3 is 15.5 Å². The Morgan fingerprint density at radius 3 is 2.78 bits per heavy atom. The van der Waals surface area contributed by atoms with Gasteiger partial charge in [0.15, 0.2) is 0 Å². The summed E-state index contributed by atoms with van der Waals surface area (Å²) in [6.45, 7) is 3.55. The summed E-state index contributed by atoms with van der Waals surface area (Å²) in [5.41, 5.74) is 6.61. The van der Waals surface area contributed by atoms with E-state index in [1.165, 1.54) is 0 Å². The van der Waals surface area contributed by atoms with Crippen LogP contribution in [0.15, 0.2) is 18.2 Å². The van der Waals surface area contributed by atoms with Gasteiger partial charge in [-0.05, 0) is 32.1 Å². The van der Waals surface area contributed by atoms with Crippen molar-refractivity contribution in [3.63, 3.8) is 0 Å². The van der Waals surface area contributed by atoms with Crippen LogP contribution in [0.1, 0.15) is 6.42 Å². The maximum absolute atomic E-state index is 11.1. The minimum Gasteiger partial charge on any atom is -0.393 e. The Morgan fingerprint density at radius 1 is 1.28 bits per heavy atom. The fourth-order valence-electron chi connectivity index (χ4n) is 2.29. The molecule has 0 bridgehead atoms. The van der Waals surface area contributed by atoms with Crippen molar-refractivity contribution in [1.29, 1.82) is 0 Å². The van der Waals surface area contributed by atoms with E-state index in [0.717, 1.165) is 32.6 Å². The molecule has 1 aliphatic heterocycles. The molecule has 0 radical (unpaired) electrons. The number of nitrogen functional groups attached to an aromatic ring is 1. The Hall–Kier alpha value is -1.82. The minimum atomic E-state index is -0.390. The van der Waals surface area contributed by atoms with E-state index in [-0.39, 0.29) is 16.3 Å². The van der Waals surface area contributed by atoms with Gasteiger partial charge in [-0.25, -0.2) is 0 Å². The largest absolute Gasteiger partial charge is 0.393 e. The minimum absolute atomic E-state index is 0.0297. The molecule has 1 aliphatic rings. The molecule has 6 heteroatoms. The first-order valence-electron chi connectivity index (χ1n) is 6.06. The van der Waals surface area contributed by atoms with E-state index >= 15 is 0 Å². The quantitative estimate of drug-likeness (QED) is 0.486. The second-order valence-electron chi connectivity index (χ2n) is 4.62. The lowest BCUT2D eigenvalue weighted by molar-refractivity contribution is -0.383. The third kappa shape index (κ3) is 2.53. The van der Waals surface area contributed by atoms with Crippen LogP contribution in [-0.4, -0.2) is 43.0 Å². The van der Waals surface area contributed by atoms with E-state index in [0.29, 0.717) is 5.69 Å². The Morgan fingerprint density at radius 2 is 2.06 bits per heavy atom. The van der Waals surface area contributed by atoms with Crippen LogP contribution in [0.3, 0.4) is 0 Å². The topological polar surface area (TPSA) is 75.6 Å². The van der Waals surface area contributed by atoms with E-state index in [1.54, 1.807) is 18.2 Å². The van der Waals surface area contributed by atoms with Crippen molar-refractivity contribution in [1.82, 2.24) is 4.90 Å². The number of anilines is 2. The second kappa shape index (κ2) is 5.22. The van der Waals surface area contributed by atoms with Gasteiger partial charge in [-0.1, -0.05) is 6.07 Å². The molecule has 1 heterocycles. The number of rotatable bonds is 2. The van der Waals surface area contributed by atoms with Crippen LogP contribution < -0.4 is 10.6 Å². The predicted octanol–water partition coefficient (Wildman–Crippen LogP) is 1.32. The summed E-state index contributed by atoms with van der Waals surface area (Å²) >= 11 is 0. The van der Waals surface area contributed by atoms with Gasteiger partial charge in [0.25, 0.3) is 0 Å². The highest BCUT2D eigenvalue weighted by atomic mass is 16.6. The summed E-state index contributed by atoms with van der Waals surface area (Å²) in [4.78, 5) is 15.0. The zero-order chi connectivity index (χ0) is 13.1. The van der Waals surface area contributed by atoms with Crippen LogP contribution >= 0.6 is 0 Å². The van der Waals surface area contributed by atoms with Gasteiger partial charge in [-0.2, -0.15) is 0 Å². The average molecular weight is 250 g/mol. The monoisotopic (exact) mass is 250 g/mol. The maximum atomic E-state index is 11.1. The molecule has 0 amide bonds. The van der Waals surface area contributed by atoms with Crippen molar-refractivity contribution in [2.45, 2.75) is 6.42 Å². The van der Waals surface area contributed by atoms with Crippen LogP contribution in [0, 0.1) is 10.1 Å². The average Bonchev–Trinajstić information content (AvgIpc) is 2.53. The number of nitro benzene ring substituents is 1. The SMILES string of the molecule is CN1CCCN(c2cccc(N)c2[N+](=O)[O-])CC1. The lowest BCUT2D eigenvalue weighted by atomic mass is 10.2. The molecule has 0 atom stereocenters. The Bertz CT molecular complexity index is 450. The molecule has 1 aromatic carbocycles. The number of para-hydroxylation sites is 1. The molecule has 0 spiro atoms. The molecular weight excluding hydrogens is 232 g/mol. The van der Waals surface area contributed by atoms with Crippen LogP contribution in [0.5, 0.6) is 0 Å². The molecule has 2 N–H and O–H groups in total. The van der Waals surface area contributed by atoms with E-state index in [1.807, 2.05) is 0 Å². The molecule has 0 aliphatic carbocycles. The predicted molar refractivity (Wildman–Crippen MR) is 71.8 cm³/mol. The molecule has 0 saturated carbocycles. The van der Waals surface area contributed by atoms with Crippen molar-refractivity contribution in [3.05, 3.63) is 28.3 Å².